The van der Waals surface area contributed by atoms with Crippen LogP contribution in [0.2, 0.25) is 0 Å². The molecule has 0 heterocycles. The fraction of sp³-hybridized carbons (Fsp3) is 0.200. The van der Waals surface area contributed by atoms with Crippen LogP contribution in [0.1, 0.15) is 12.5 Å². The first-order valence-electron chi connectivity index (χ1n) is 6.66. The van der Waals surface area contributed by atoms with Gasteiger partial charge in [-0.25, -0.2) is 8.42 Å². The minimum atomic E-state index is -4.77. The van der Waals surface area contributed by atoms with Crippen molar-refractivity contribution >= 4 is 15.7 Å². The molecule has 0 unspecified atom stereocenters. The monoisotopic (exact) mass is 345 g/mol. The maximum atomic E-state index is 13.0. The van der Waals surface area contributed by atoms with E-state index in [-0.39, 0.29) is 18.0 Å². The van der Waals surface area contributed by atoms with Crippen molar-refractivity contribution in [3.05, 3.63) is 54.1 Å². The topological polar surface area (TPSA) is 55.4 Å². The van der Waals surface area contributed by atoms with Crippen LogP contribution >= 0.6 is 0 Å². The molecule has 0 saturated carbocycles. The first-order valence-corrected chi connectivity index (χ1v) is 8.15. The van der Waals surface area contributed by atoms with E-state index in [2.05, 4.69) is 4.72 Å². The van der Waals surface area contributed by atoms with Gasteiger partial charge in [0.2, 0.25) is 0 Å². The highest BCUT2D eigenvalue weighted by Crippen LogP contribution is 2.35. The molecule has 0 aliphatic rings. The highest BCUT2D eigenvalue weighted by atomic mass is 32.2. The molecule has 1 N–H and O–H groups in total. The highest BCUT2D eigenvalue weighted by molar-refractivity contribution is 7.92. The zero-order valence-electron chi connectivity index (χ0n) is 12.1. The molecule has 124 valence electrons. The van der Waals surface area contributed by atoms with Crippen LogP contribution in [0.4, 0.5) is 18.9 Å². The Morgan fingerprint density at radius 3 is 2.30 bits per heavy atom. The largest absolute Gasteiger partial charge is 0.492 e. The highest BCUT2D eigenvalue weighted by Gasteiger charge is 2.37. The normalized spacial score (nSPS) is 12.0. The number of rotatable bonds is 5. The van der Waals surface area contributed by atoms with E-state index >= 15 is 0 Å². The van der Waals surface area contributed by atoms with E-state index in [4.69, 9.17) is 4.74 Å². The average Bonchev–Trinajstić information content (AvgIpc) is 2.48. The van der Waals surface area contributed by atoms with Gasteiger partial charge < -0.3 is 4.74 Å². The Kier molecular flexibility index (Phi) is 4.84. The maximum Gasteiger partial charge on any atom is 0.417 e. The van der Waals surface area contributed by atoms with E-state index in [1.165, 1.54) is 18.2 Å². The lowest BCUT2D eigenvalue weighted by atomic mass is 10.2. The van der Waals surface area contributed by atoms with Gasteiger partial charge in [-0.1, -0.05) is 24.3 Å². The van der Waals surface area contributed by atoms with Gasteiger partial charge in [0.25, 0.3) is 10.0 Å². The summed E-state index contributed by atoms with van der Waals surface area (Å²) < 4.78 is 71.1. The second-order valence-electron chi connectivity index (χ2n) is 4.53. The molecule has 23 heavy (non-hydrogen) atoms. The smallest absolute Gasteiger partial charge is 0.417 e. The van der Waals surface area contributed by atoms with Crippen LogP contribution in [0.25, 0.3) is 0 Å². The van der Waals surface area contributed by atoms with E-state index in [1.807, 2.05) is 0 Å². The summed E-state index contributed by atoms with van der Waals surface area (Å²) in [7, 11) is -4.42. The van der Waals surface area contributed by atoms with Gasteiger partial charge in [-0.2, -0.15) is 13.2 Å². The molecule has 0 bridgehead atoms. The SMILES string of the molecule is CCOc1ccccc1NS(=O)(=O)c1ccccc1C(F)(F)F. The van der Waals surface area contributed by atoms with Gasteiger partial charge in [0.05, 0.1) is 22.8 Å². The first kappa shape index (κ1) is 17.1. The van der Waals surface area contributed by atoms with Crippen LogP contribution in [0.15, 0.2) is 53.4 Å². The maximum absolute atomic E-state index is 13.0. The standard InChI is InChI=1S/C15H14F3NO3S/c1-2-22-13-9-5-4-8-12(13)19-23(20,21)14-10-6-3-7-11(14)15(16,17)18/h3-10,19H,2H2,1H3. The molecule has 0 fully saturated rings. The van der Waals surface area contributed by atoms with Crippen molar-refractivity contribution in [3.8, 4) is 5.75 Å². The van der Waals surface area contributed by atoms with Crippen molar-refractivity contribution in [1.82, 2.24) is 0 Å². The molecule has 2 aromatic carbocycles. The number of nitrogens with one attached hydrogen (secondary N) is 1. The van der Waals surface area contributed by atoms with Gasteiger partial charge in [-0.05, 0) is 31.2 Å². The summed E-state index contributed by atoms with van der Waals surface area (Å²) in [6.45, 7) is 2.00. The Balaban J connectivity index is 2.46. The number of para-hydroxylation sites is 2. The number of halogens is 3. The molecular weight excluding hydrogens is 331 g/mol. The van der Waals surface area contributed by atoms with Crippen molar-refractivity contribution in [2.24, 2.45) is 0 Å². The van der Waals surface area contributed by atoms with Crippen LogP contribution in [-0.2, 0) is 16.2 Å². The third-order valence-electron chi connectivity index (χ3n) is 2.91. The average molecular weight is 345 g/mol. The van der Waals surface area contributed by atoms with Crippen molar-refractivity contribution in [2.75, 3.05) is 11.3 Å². The summed E-state index contributed by atoms with van der Waals surface area (Å²) in [5.74, 6) is 0.239. The molecule has 0 aromatic heterocycles. The summed E-state index contributed by atoms with van der Waals surface area (Å²) in [4.78, 5) is -0.834. The predicted molar refractivity (Wildman–Crippen MR) is 79.9 cm³/mol. The van der Waals surface area contributed by atoms with Gasteiger partial charge in [-0.3, -0.25) is 4.72 Å². The van der Waals surface area contributed by atoms with Gasteiger partial charge in [0.1, 0.15) is 5.75 Å². The first-order chi connectivity index (χ1) is 10.8. The van der Waals surface area contributed by atoms with Crippen LogP contribution in [0.5, 0.6) is 5.75 Å². The van der Waals surface area contributed by atoms with Crippen molar-refractivity contribution in [3.63, 3.8) is 0 Å². The Hall–Kier alpha value is -2.22. The van der Waals surface area contributed by atoms with E-state index in [0.29, 0.717) is 0 Å². The fourth-order valence-corrected chi connectivity index (χ4v) is 3.27. The van der Waals surface area contributed by atoms with E-state index in [0.717, 1.165) is 18.2 Å². The number of hydrogen-bond acceptors (Lipinski definition) is 3. The number of hydrogen-bond donors (Lipinski definition) is 1. The predicted octanol–water partition coefficient (Wildman–Crippen LogP) is 3.90. The number of sulfonamides is 1. The lowest BCUT2D eigenvalue weighted by Crippen LogP contribution is -2.19. The molecule has 2 aromatic rings. The summed E-state index contributed by atoms with van der Waals surface area (Å²) in [5.41, 5.74) is -1.15. The molecule has 0 atom stereocenters. The quantitative estimate of drug-likeness (QED) is 0.894. The van der Waals surface area contributed by atoms with E-state index < -0.39 is 26.7 Å². The van der Waals surface area contributed by atoms with Crippen molar-refractivity contribution in [2.45, 2.75) is 18.0 Å². The number of benzene rings is 2. The Bertz CT molecular complexity index is 789. The lowest BCUT2D eigenvalue weighted by molar-refractivity contribution is -0.139. The molecule has 0 aliphatic carbocycles. The summed E-state index contributed by atoms with van der Waals surface area (Å²) in [6, 6.07) is 10.1. The Morgan fingerprint density at radius 1 is 1.04 bits per heavy atom. The second kappa shape index (κ2) is 6.49. The number of alkyl halides is 3. The molecule has 2 rings (SSSR count). The van der Waals surface area contributed by atoms with Crippen LogP contribution < -0.4 is 9.46 Å². The molecular formula is C15H14F3NO3S. The minimum absolute atomic E-state index is 0.0753. The fourth-order valence-electron chi connectivity index (χ4n) is 1.97. The Morgan fingerprint density at radius 2 is 1.65 bits per heavy atom. The van der Waals surface area contributed by atoms with Crippen LogP contribution in [0, 0.1) is 0 Å². The van der Waals surface area contributed by atoms with Crippen LogP contribution in [-0.4, -0.2) is 15.0 Å². The zero-order valence-corrected chi connectivity index (χ0v) is 12.9. The number of ether oxygens (including phenoxy) is 1. The zero-order chi connectivity index (χ0) is 17.1. The van der Waals surface area contributed by atoms with Crippen LogP contribution in [0.3, 0.4) is 0 Å². The molecule has 0 saturated heterocycles. The van der Waals surface area contributed by atoms with Gasteiger partial charge >= 0.3 is 6.18 Å². The van der Waals surface area contributed by atoms with Gasteiger partial charge in [0.15, 0.2) is 0 Å². The summed E-state index contributed by atoms with van der Waals surface area (Å²) in [5, 5.41) is 0. The second-order valence-corrected chi connectivity index (χ2v) is 6.18. The lowest BCUT2D eigenvalue weighted by Gasteiger charge is -2.16. The molecule has 8 heteroatoms. The van der Waals surface area contributed by atoms with E-state index in [1.54, 1.807) is 19.1 Å². The summed E-state index contributed by atoms with van der Waals surface area (Å²) >= 11 is 0. The molecule has 0 spiro atoms. The van der Waals surface area contributed by atoms with Gasteiger partial charge in [-0.15, -0.1) is 0 Å². The molecule has 4 nitrogen and oxygen atoms in total. The Labute approximate surface area is 132 Å². The third-order valence-corrected chi connectivity index (χ3v) is 4.34. The molecule has 0 amide bonds. The number of anilines is 1. The summed E-state index contributed by atoms with van der Waals surface area (Å²) in [6.07, 6.45) is -4.77. The molecule has 0 aliphatic heterocycles. The molecule has 0 radical (unpaired) electrons. The van der Waals surface area contributed by atoms with Crippen molar-refractivity contribution in [1.29, 1.82) is 0 Å². The third kappa shape index (κ3) is 3.95. The van der Waals surface area contributed by atoms with Crippen molar-refractivity contribution < 1.29 is 26.3 Å². The van der Waals surface area contributed by atoms with E-state index in [9.17, 15) is 21.6 Å². The van der Waals surface area contributed by atoms with Gasteiger partial charge in [0, 0.05) is 0 Å². The minimum Gasteiger partial charge on any atom is -0.492 e.